The Kier molecular flexibility index (Phi) is 10.3. The van der Waals surface area contributed by atoms with E-state index >= 15 is 0 Å². The molecule has 198 valence electrons. The van der Waals surface area contributed by atoms with Crippen molar-refractivity contribution < 1.29 is 23.4 Å². The lowest BCUT2D eigenvalue weighted by atomic mass is 10.00. The average Bonchev–Trinajstić information content (AvgIpc) is 2.88. The quantitative estimate of drug-likeness (QED) is 0.299. The van der Waals surface area contributed by atoms with E-state index in [4.69, 9.17) is 0 Å². The van der Waals surface area contributed by atoms with Crippen LogP contribution in [0, 0.1) is 5.92 Å². The Balaban J connectivity index is 1.95. The van der Waals surface area contributed by atoms with Gasteiger partial charge >= 0.3 is 6.09 Å². The Hall–Kier alpha value is -3.20. The Morgan fingerprint density at radius 2 is 1.35 bits per heavy atom. The van der Waals surface area contributed by atoms with E-state index in [1.165, 1.54) is 17.0 Å². The maximum absolute atomic E-state index is 13.6. The molecule has 0 bridgehead atoms. The molecule has 2 unspecified atom stereocenters. The van der Waals surface area contributed by atoms with Gasteiger partial charge < -0.3 is 15.1 Å². The molecule has 0 fully saturated rings. The maximum Gasteiger partial charge on any atom is 0.407 e. The molecule has 0 heterocycles. The van der Waals surface area contributed by atoms with Crippen LogP contribution in [0.15, 0.2) is 95.9 Å². The van der Waals surface area contributed by atoms with Crippen LogP contribution < -0.4 is 0 Å². The first-order chi connectivity index (χ1) is 17.7. The second-order valence-corrected chi connectivity index (χ2v) is 11.5. The number of carbonyl (C=O) groups is 1. The zero-order valence-electron chi connectivity index (χ0n) is 21.3. The van der Waals surface area contributed by atoms with Gasteiger partial charge in [0.15, 0.2) is 0 Å². The van der Waals surface area contributed by atoms with Gasteiger partial charge in [-0.3, -0.25) is 0 Å². The van der Waals surface area contributed by atoms with Gasteiger partial charge in [0.05, 0.1) is 4.90 Å². The van der Waals surface area contributed by atoms with Crippen LogP contribution in [0.3, 0.4) is 0 Å². The van der Waals surface area contributed by atoms with Gasteiger partial charge in [-0.1, -0.05) is 92.7 Å². The minimum absolute atomic E-state index is 0.0712. The molecule has 7 nitrogen and oxygen atoms in total. The highest BCUT2D eigenvalue weighted by Crippen LogP contribution is 2.24. The monoisotopic (exact) mass is 524 g/mol. The summed E-state index contributed by atoms with van der Waals surface area (Å²) in [6.45, 7) is 4.23. The third-order valence-corrected chi connectivity index (χ3v) is 8.20. The van der Waals surface area contributed by atoms with Crippen LogP contribution in [0.2, 0.25) is 0 Å². The van der Waals surface area contributed by atoms with Gasteiger partial charge in [0, 0.05) is 25.6 Å². The number of amides is 1. The zero-order valence-corrected chi connectivity index (χ0v) is 22.2. The Morgan fingerprint density at radius 1 is 0.838 bits per heavy atom. The number of hydrogen-bond acceptors (Lipinski definition) is 4. The van der Waals surface area contributed by atoms with Gasteiger partial charge in [-0.05, 0) is 42.0 Å². The molecule has 0 aliphatic rings. The molecule has 8 heteroatoms. The summed E-state index contributed by atoms with van der Waals surface area (Å²) >= 11 is 0. The van der Waals surface area contributed by atoms with Crippen molar-refractivity contribution >= 4 is 16.1 Å². The first-order valence-electron chi connectivity index (χ1n) is 12.5. The van der Waals surface area contributed by atoms with Gasteiger partial charge in [-0.25, -0.2) is 13.2 Å². The Labute approximate surface area is 220 Å². The van der Waals surface area contributed by atoms with Crippen LogP contribution in [0.4, 0.5) is 4.79 Å². The number of hydrogen-bond donors (Lipinski definition) is 2. The van der Waals surface area contributed by atoms with Gasteiger partial charge in [-0.2, -0.15) is 4.31 Å². The van der Waals surface area contributed by atoms with Crippen LogP contribution in [0.5, 0.6) is 0 Å². The highest BCUT2D eigenvalue weighted by atomic mass is 32.2. The van der Waals surface area contributed by atoms with Gasteiger partial charge in [0.1, 0.15) is 6.23 Å². The topological polar surface area (TPSA) is 98.2 Å². The molecule has 0 saturated heterocycles. The van der Waals surface area contributed by atoms with Crippen molar-refractivity contribution in [2.75, 3.05) is 6.54 Å². The summed E-state index contributed by atoms with van der Waals surface area (Å²) in [6, 6.07) is 26.0. The fourth-order valence-corrected chi connectivity index (χ4v) is 5.77. The minimum atomic E-state index is -4.00. The standard InChI is InChI=1S/C29H36N2O5S/c1-23(2)18-19-31(37(35,36)27-16-10-5-11-17-27)28(32)21-26(20-24-12-6-3-7-13-24)30(29(33)34)22-25-14-8-4-9-15-25/h3-17,23,26,28,32H,18-22H2,1-2H3,(H,33,34). The SMILES string of the molecule is CC(C)CCN(C(O)CC(Cc1ccccc1)N(Cc1ccccc1)C(=O)O)S(=O)(=O)c1ccccc1. The molecule has 2 N–H and O–H groups in total. The molecule has 1 amide bonds. The largest absolute Gasteiger partial charge is 0.465 e. The van der Waals surface area contributed by atoms with E-state index < -0.39 is 28.4 Å². The number of aliphatic hydroxyl groups is 1. The summed E-state index contributed by atoms with van der Waals surface area (Å²) in [5.41, 5.74) is 1.71. The zero-order chi connectivity index (χ0) is 26.8. The lowest BCUT2D eigenvalue weighted by molar-refractivity contribution is 0.0236. The van der Waals surface area contributed by atoms with E-state index in [2.05, 4.69) is 0 Å². The number of sulfonamides is 1. The third-order valence-electron chi connectivity index (χ3n) is 6.29. The van der Waals surface area contributed by atoms with Gasteiger partial charge in [0.2, 0.25) is 10.0 Å². The van der Waals surface area contributed by atoms with Crippen molar-refractivity contribution in [2.45, 2.75) is 56.8 Å². The fourth-order valence-electron chi connectivity index (χ4n) is 4.24. The molecule has 37 heavy (non-hydrogen) atoms. The average molecular weight is 525 g/mol. The molecule has 0 spiro atoms. The second-order valence-electron chi connectivity index (χ2n) is 9.57. The molecule has 0 radical (unpaired) electrons. The van der Waals surface area contributed by atoms with Gasteiger partial charge in [-0.15, -0.1) is 0 Å². The van der Waals surface area contributed by atoms with Crippen molar-refractivity contribution in [2.24, 2.45) is 5.92 Å². The summed E-state index contributed by atoms with van der Waals surface area (Å²) in [5, 5.41) is 21.6. The number of carboxylic acid groups (broad SMARTS) is 1. The fraction of sp³-hybridized carbons (Fsp3) is 0.345. The predicted molar refractivity (Wildman–Crippen MR) is 144 cm³/mol. The normalized spacial score (nSPS) is 13.4. The van der Waals surface area contributed by atoms with Crippen LogP contribution in [-0.2, 0) is 23.0 Å². The van der Waals surface area contributed by atoms with Crippen LogP contribution in [0.25, 0.3) is 0 Å². The third kappa shape index (κ3) is 8.15. The molecule has 0 saturated carbocycles. The molecule has 3 aromatic rings. The lowest BCUT2D eigenvalue weighted by Gasteiger charge is -2.35. The summed E-state index contributed by atoms with van der Waals surface area (Å²) in [4.78, 5) is 13.8. The molecular weight excluding hydrogens is 488 g/mol. The summed E-state index contributed by atoms with van der Waals surface area (Å²) < 4.78 is 28.2. The maximum atomic E-state index is 13.6. The molecule has 0 aliphatic heterocycles. The van der Waals surface area contributed by atoms with Crippen LogP contribution in [0.1, 0.15) is 37.8 Å². The molecule has 3 aromatic carbocycles. The van der Waals surface area contributed by atoms with Crippen LogP contribution >= 0.6 is 0 Å². The number of benzene rings is 3. The van der Waals surface area contributed by atoms with Gasteiger partial charge in [0.25, 0.3) is 0 Å². The molecule has 2 atom stereocenters. The number of nitrogens with zero attached hydrogens (tertiary/aromatic N) is 2. The first kappa shape index (κ1) is 28.4. The summed E-state index contributed by atoms with van der Waals surface area (Å²) in [7, 11) is -4.00. The van der Waals surface area contributed by atoms with Crippen molar-refractivity contribution in [1.82, 2.24) is 9.21 Å². The Bertz CT molecular complexity index is 1200. The molecule has 0 aliphatic carbocycles. The van der Waals surface area contributed by atoms with E-state index in [0.29, 0.717) is 12.8 Å². The van der Waals surface area contributed by atoms with Crippen molar-refractivity contribution in [3.63, 3.8) is 0 Å². The molecule has 3 rings (SSSR count). The van der Waals surface area contributed by atoms with Crippen molar-refractivity contribution in [3.8, 4) is 0 Å². The van der Waals surface area contributed by atoms with Crippen molar-refractivity contribution in [1.29, 1.82) is 0 Å². The van der Waals surface area contributed by atoms with E-state index in [1.54, 1.807) is 18.2 Å². The van der Waals surface area contributed by atoms with E-state index in [-0.39, 0.29) is 30.3 Å². The van der Waals surface area contributed by atoms with Crippen LogP contribution in [-0.4, -0.2) is 52.7 Å². The first-order valence-corrected chi connectivity index (χ1v) is 13.9. The summed E-state index contributed by atoms with van der Waals surface area (Å²) in [6.07, 6.45) is -1.72. The Morgan fingerprint density at radius 3 is 1.86 bits per heavy atom. The number of rotatable bonds is 13. The predicted octanol–water partition coefficient (Wildman–Crippen LogP) is 5.22. The number of aliphatic hydroxyl groups excluding tert-OH is 1. The second kappa shape index (κ2) is 13.4. The smallest absolute Gasteiger partial charge is 0.407 e. The lowest BCUT2D eigenvalue weighted by Crippen LogP contribution is -2.48. The van der Waals surface area contributed by atoms with E-state index in [1.807, 2.05) is 74.5 Å². The highest BCUT2D eigenvalue weighted by molar-refractivity contribution is 7.89. The van der Waals surface area contributed by atoms with E-state index in [0.717, 1.165) is 15.4 Å². The van der Waals surface area contributed by atoms with Crippen molar-refractivity contribution in [3.05, 3.63) is 102 Å². The highest BCUT2D eigenvalue weighted by Gasteiger charge is 2.34. The molecular formula is C29H36N2O5S. The minimum Gasteiger partial charge on any atom is -0.465 e. The molecule has 0 aromatic heterocycles. The van der Waals surface area contributed by atoms with E-state index in [9.17, 15) is 23.4 Å². The summed E-state index contributed by atoms with van der Waals surface area (Å²) in [5.74, 6) is 0.217.